The van der Waals surface area contributed by atoms with E-state index < -0.39 is 24.1 Å². The second kappa shape index (κ2) is 3.85. The van der Waals surface area contributed by atoms with Crippen molar-refractivity contribution in [2.24, 2.45) is 5.92 Å². The van der Waals surface area contributed by atoms with Gasteiger partial charge in [0.2, 0.25) is 0 Å². The van der Waals surface area contributed by atoms with Crippen LogP contribution in [0, 0.1) is 5.92 Å². The van der Waals surface area contributed by atoms with E-state index in [1.807, 2.05) is 0 Å². The van der Waals surface area contributed by atoms with Gasteiger partial charge in [0.25, 0.3) is 5.92 Å². The molecule has 1 aromatic carbocycles. The lowest BCUT2D eigenvalue weighted by Gasteiger charge is -2.24. The molecule has 2 aliphatic carbocycles. The van der Waals surface area contributed by atoms with E-state index in [1.54, 1.807) is 6.07 Å². The van der Waals surface area contributed by atoms with E-state index in [2.05, 4.69) is 4.74 Å². The van der Waals surface area contributed by atoms with Gasteiger partial charge in [-0.15, -0.1) is 0 Å². The van der Waals surface area contributed by atoms with Crippen LogP contribution in [0.4, 0.5) is 17.6 Å². The zero-order chi connectivity index (χ0) is 13.8. The first-order valence-corrected chi connectivity index (χ1v) is 5.94. The lowest BCUT2D eigenvalue weighted by molar-refractivity contribution is -0.205. The Hall–Kier alpha value is -1.30. The number of alkyl halides is 4. The third-order valence-electron chi connectivity index (χ3n) is 4.03. The van der Waals surface area contributed by atoms with Crippen LogP contribution >= 0.6 is 0 Å². The van der Waals surface area contributed by atoms with E-state index in [1.165, 1.54) is 19.2 Å². The molecule has 2 unspecified atom stereocenters. The van der Waals surface area contributed by atoms with Crippen LogP contribution < -0.4 is 4.74 Å². The Morgan fingerprint density at radius 3 is 2.68 bits per heavy atom. The predicted octanol–water partition coefficient (Wildman–Crippen LogP) is 3.34. The minimum absolute atomic E-state index is 0.139. The normalized spacial score (nSPS) is 30.7. The molecule has 0 aromatic heterocycles. The maximum Gasteiger partial charge on any atom is 0.346 e. The second-order valence-electron chi connectivity index (χ2n) is 4.85. The van der Waals surface area contributed by atoms with Gasteiger partial charge >= 0.3 is 6.61 Å². The predicted molar refractivity (Wildman–Crippen MR) is 58.5 cm³/mol. The van der Waals surface area contributed by atoms with Gasteiger partial charge in [-0.25, -0.2) is 8.78 Å². The summed E-state index contributed by atoms with van der Waals surface area (Å²) in [4.78, 5) is 0. The molecule has 0 N–H and O–H groups in total. The smallest absolute Gasteiger partial charge is 0.346 e. The molecule has 1 fully saturated rings. The van der Waals surface area contributed by atoms with Gasteiger partial charge in [-0.1, -0.05) is 6.07 Å². The summed E-state index contributed by atoms with van der Waals surface area (Å²) in [7, 11) is 1.46. The first-order valence-electron chi connectivity index (χ1n) is 5.94. The first-order chi connectivity index (χ1) is 8.93. The molecule has 0 radical (unpaired) electrons. The van der Waals surface area contributed by atoms with Crippen molar-refractivity contribution in [3.63, 3.8) is 0 Å². The summed E-state index contributed by atoms with van der Waals surface area (Å²) in [6, 6.07) is 4.51. The number of hydrogen-bond acceptors (Lipinski definition) is 2. The number of aryl methyl sites for hydroxylation is 1. The van der Waals surface area contributed by atoms with Crippen molar-refractivity contribution >= 4 is 0 Å². The van der Waals surface area contributed by atoms with Crippen molar-refractivity contribution in [2.75, 3.05) is 7.11 Å². The number of hydrogen-bond donors (Lipinski definition) is 0. The molecule has 0 heterocycles. The monoisotopic (exact) mass is 276 g/mol. The molecule has 0 saturated heterocycles. The highest BCUT2D eigenvalue weighted by Crippen LogP contribution is 2.71. The Balaban J connectivity index is 2.08. The van der Waals surface area contributed by atoms with Crippen molar-refractivity contribution in [1.29, 1.82) is 0 Å². The topological polar surface area (TPSA) is 18.5 Å². The van der Waals surface area contributed by atoms with Gasteiger partial charge in [-0.05, 0) is 36.1 Å². The van der Waals surface area contributed by atoms with Gasteiger partial charge in [-0.2, -0.15) is 8.78 Å². The van der Waals surface area contributed by atoms with Gasteiger partial charge in [0.05, 0.1) is 13.0 Å². The van der Waals surface area contributed by atoms with Gasteiger partial charge in [0.15, 0.2) is 5.60 Å². The van der Waals surface area contributed by atoms with Gasteiger partial charge in [0.1, 0.15) is 5.75 Å². The first kappa shape index (κ1) is 12.7. The SMILES string of the molecule is COc1ccc2c(c1)CCC1C(F)(F)C21OC(F)F. The van der Waals surface area contributed by atoms with Crippen LogP contribution in [0.2, 0.25) is 0 Å². The third kappa shape index (κ3) is 1.52. The minimum atomic E-state index is -3.23. The zero-order valence-electron chi connectivity index (χ0n) is 10.1. The lowest BCUT2D eigenvalue weighted by atomic mass is 9.89. The van der Waals surface area contributed by atoms with Crippen LogP contribution in [0.1, 0.15) is 17.5 Å². The van der Waals surface area contributed by atoms with Crippen molar-refractivity contribution in [2.45, 2.75) is 31.0 Å². The summed E-state index contributed by atoms with van der Waals surface area (Å²) in [6.45, 7) is -3.22. The number of fused-ring (bicyclic) bond motifs is 3. The molecule has 3 rings (SSSR count). The Bertz CT molecular complexity index is 517. The van der Waals surface area contributed by atoms with Gasteiger partial charge in [-0.3, -0.25) is 0 Å². The highest BCUT2D eigenvalue weighted by Gasteiger charge is 2.84. The number of benzene rings is 1. The van der Waals surface area contributed by atoms with E-state index in [4.69, 9.17) is 4.74 Å². The maximum atomic E-state index is 13.9. The largest absolute Gasteiger partial charge is 0.497 e. The summed E-state index contributed by atoms with van der Waals surface area (Å²) >= 11 is 0. The fourth-order valence-electron chi connectivity index (χ4n) is 3.13. The Kier molecular flexibility index (Phi) is 2.58. The summed E-state index contributed by atoms with van der Waals surface area (Å²) in [5.74, 6) is -3.87. The Morgan fingerprint density at radius 1 is 1.32 bits per heavy atom. The third-order valence-corrected chi connectivity index (χ3v) is 4.03. The van der Waals surface area contributed by atoms with Crippen LogP contribution in [0.3, 0.4) is 0 Å². The molecule has 0 amide bonds. The number of methoxy groups -OCH3 is 1. The lowest BCUT2D eigenvalue weighted by Crippen LogP contribution is -2.27. The average molecular weight is 276 g/mol. The highest BCUT2D eigenvalue weighted by molar-refractivity contribution is 5.49. The number of rotatable bonds is 3. The molecule has 0 spiro atoms. The van der Waals surface area contributed by atoms with Crippen molar-refractivity contribution < 1.29 is 27.0 Å². The second-order valence-corrected chi connectivity index (χ2v) is 4.85. The van der Waals surface area contributed by atoms with Crippen LogP contribution in [0.5, 0.6) is 5.75 Å². The summed E-state index contributed by atoms with van der Waals surface area (Å²) in [5.41, 5.74) is -1.40. The molecule has 0 aliphatic heterocycles. The Morgan fingerprint density at radius 2 is 2.05 bits per heavy atom. The molecule has 1 aromatic rings. The molecule has 2 atom stereocenters. The van der Waals surface area contributed by atoms with Gasteiger partial charge < -0.3 is 9.47 Å². The van der Waals surface area contributed by atoms with E-state index in [-0.39, 0.29) is 12.0 Å². The molecular formula is C13H12F4O2. The number of ether oxygens (including phenoxy) is 2. The standard InChI is InChI=1S/C13H12F4O2/c1-18-8-3-4-9-7(6-8)2-5-10-12(9,13(10,16)17)19-11(14)15/h3-4,6,10-11H,2,5H2,1H3. The molecule has 104 valence electrons. The van der Waals surface area contributed by atoms with Crippen molar-refractivity contribution in [3.05, 3.63) is 29.3 Å². The molecule has 0 bridgehead atoms. The zero-order valence-corrected chi connectivity index (χ0v) is 10.1. The molecule has 19 heavy (non-hydrogen) atoms. The molecular weight excluding hydrogens is 264 g/mol. The van der Waals surface area contributed by atoms with E-state index in [0.29, 0.717) is 17.7 Å². The molecule has 2 aliphatic rings. The highest BCUT2D eigenvalue weighted by atomic mass is 19.3. The number of halogens is 4. The molecule has 1 saturated carbocycles. The summed E-state index contributed by atoms with van der Waals surface area (Å²) < 4.78 is 62.1. The van der Waals surface area contributed by atoms with E-state index >= 15 is 0 Å². The summed E-state index contributed by atoms with van der Waals surface area (Å²) in [6.07, 6.45) is 0.557. The average Bonchev–Trinajstić information content (AvgIpc) is 2.84. The van der Waals surface area contributed by atoms with E-state index in [0.717, 1.165) is 0 Å². The quantitative estimate of drug-likeness (QED) is 0.788. The summed E-state index contributed by atoms with van der Waals surface area (Å²) in [5, 5.41) is 0. The van der Waals surface area contributed by atoms with Crippen LogP contribution in [0.25, 0.3) is 0 Å². The fourth-order valence-corrected chi connectivity index (χ4v) is 3.13. The fraction of sp³-hybridized carbons (Fsp3) is 0.538. The van der Waals surface area contributed by atoms with Crippen LogP contribution in [-0.4, -0.2) is 19.6 Å². The van der Waals surface area contributed by atoms with Crippen LogP contribution in [0.15, 0.2) is 18.2 Å². The minimum Gasteiger partial charge on any atom is -0.497 e. The van der Waals surface area contributed by atoms with E-state index in [9.17, 15) is 17.6 Å². The van der Waals surface area contributed by atoms with Crippen molar-refractivity contribution in [3.8, 4) is 5.75 Å². The van der Waals surface area contributed by atoms with Crippen molar-refractivity contribution in [1.82, 2.24) is 0 Å². The molecule has 2 nitrogen and oxygen atoms in total. The van der Waals surface area contributed by atoms with Crippen LogP contribution in [-0.2, 0) is 16.8 Å². The Labute approximate surface area is 107 Å². The maximum absolute atomic E-state index is 13.9. The molecule has 6 heteroatoms. The van der Waals surface area contributed by atoms with Gasteiger partial charge in [0, 0.05) is 0 Å².